The van der Waals surface area contributed by atoms with Crippen LogP contribution < -0.4 is 0 Å². The molecule has 0 radical (unpaired) electrons. The Hall–Kier alpha value is -0.690. The summed E-state index contributed by atoms with van der Waals surface area (Å²) in [7, 11) is 1.50. The molecule has 0 bridgehead atoms. The minimum Gasteiger partial charge on any atom is -0.464 e. The summed E-state index contributed by atoms with van der Waals surface area (Å²) in [6.07, 6.45) is 12.0. The Labute approximate surface area is 171 Å². The van der Waals surface area contributed by atoms with E-state index in [2.05, 4.69) is 6.92 Å². The van der Waals surface area contributed by atoms with E-state index in [4.69, 9.17) is 14.2 Å². The summed E-state index contributed by atoms with van der Waals surface area (Å²) in [5.41, 5.74) is 0. The number of aliphatic hydroxyl groups is 2. The van der Waals surface area contributed by atoms with Gasteiger partial charge in [-0.05, 0) is 13.3 Å². The van der Waals surface area contributed by atoms with Crippen molar-refractivity contribution in [2.45, 2.75) is 116 Å². The third-order valence-electron chi connectivity index (χ3n) is 4.97. The highest BCUT2D eigenvalue weighted by Crippen LogP contribution is 2.17. The first-order chi connectivity index (χ1) is 13.6. The Kier molecular flexibility index (Phi) is 19.1. The van der Waals surface area contributed by atoms with Crippen molar-refractivity contribution in [1.29, 1.82) is 0 Å². The molecule has 0 rings (SSSR count). The number of rotatable bonds is 20. The molecule has 0 aliphatic carbocycles. The Morgan fingerprint density at radius 1 is 0.821 bits per heavy atom. The topological polar surface area (TPSA) is 85.2 Å². The average Bonchev–Trinajstić information content (AvgIpc) is 2.70. The zero-order valence-electron chi connectivity index (χ0n) is 18.4. The van der Waals surface area contributed by atoms with Gasteiger partial charge < -0.3 is 24.4 Å². The normalized spacial score (nSPS) is 14.6. The number of esters is 1. The van der Waals surface area contributed by atoms with Gasteiger partial charge in [-0.15, -0.1) is 0 Å². The Morgan fingerprint density at radius 3 is 1.79 bits per heavy atom. The van der Waals surface area contributed by atoms with Crippen LogP contribution in [0.4, 0.5) is 0 Å². The van der Waals surface area contributed by atoms with Gasteiger partial charge in [0.2, 0.25) is 0 Å². The molecule has 2 N–H and O–H groups in total. The molecule has 0 aliphatic rings. The highest BCUT2D eigenvalue weighted by Gasteiger charge is 2.32. The smallest absolute Gasteiger partial charge is 0.337 e. The molecule has 6 nitrogen and oxygen atoms in total. The van der Waals surface area contributed by atoms with Crippen LogP contribution in [0, 0.1) is 0 Å². The second-order valence-electron chi connectivity index (χ2n) is 7.48. The van der Waals surface area contributed by atoms with Gasteiger partial charge in [0.05, 0.1) is 12.7 Å². The summed E-state index contributed by atoms with van der Waals surface area (Å²) in [6.45, 7) is 4.07. The standard InChI is InChI=1S/C22H44O6/c1-4-6-7-8-9-10-11-12-13-14-15-16-17-19(28-18-26-3)20(23)21(24)22(25)27-5-2/h19-21,23-24H,4-18H2,1-3H3/t19-,20+,21-/m1/s1. The molecule has 0 saturated carbocycles. The van der Waals surface area contributed by atoms with Gasteiger partial charge in [-0.25, -0.2) is 4.79 Å². The molecule has 0 saturated heterocycles. The van der Waals surface area contributed by atoms with E-state index in [1.54, 1.807) is 6.92 Å². The number of unbranched alkanes of at least 4 members (excludes halogenated alkanes) is 11. The van der Waals surface area contributed by atoms with Crippen molar-refractivity contribution in [3.05, 3.63) is 0 Å². The molecule has 0 fully saturated rings. The number of carbonyl (C=O) groups is 1. The Bertz CT molecular complexity index is 350. The Morgan fingerprint density at radius 2 is 1.32 bits per heavy atom. The monoisotopic (exact) mass is 404 g/mol. The molecule has 168 valence electrons. The maximum atomic E-state index is 11.6. The number of carbonyl (C=O) groups excluding carboxylic acids is 1. The van der Waals surface area contributed by atoms with Crippen LogP contribution in [0.15, 0.2) is 0 Å². The van der Waals surface area contributed by atoms with Crippen LogP contribution in [-0.2, 0) is 19.0 Å². The van der Waals surface area contributed by atoms with Crippen LogP contribution in [0.25, 0.3) is 0 Å². The van der Waals surface area contributed by atoms with Crippen LogP contribution in [0.1, 0.15) is 97.3 Å². The van der Waals surface area contributed by atoms with E-state index in [-0.39, 0.29) is 13.4 Å². The van der Waals surface area contributed by atoms with Crippen molar-refractivity contribution < 1.29 is 29.2 Å². The molecule has 0 heterocycles. The predicted molar refractivity (Wildman–Crippen MR) is 111 cm³/mol. The third-order valence-corrected chi connectivity index (χ3v) is 4.97. The fourth-order valence-electron chi connectivity index (χ4n) is 3.27. The van der Waals surface area contributed by atoms with Crippen LogP contribution in [0.5, 0.6) is 0 Å². The molecule has 0 spiro atoms. The molecular formula is C22H44O6. The highest BCUT2D eigenvalue weighted by atomic mass is 16.7. The molecule has 0 aromatic heterocycles. The summed E-state index contributed by atoms with van der Waals surface area (Å²) in [4.78, 5) is 11.6. The maximum Gasteiger partial charge on any atom is 0.337 e. The van der Waals surface area contributed by atoms with Gasteiger partial charge in [0.1, 0.15) is 12.9 Å². The van der Waals surface area contributed by atoms with Crippen molar-refractivity contribution >= 4 is 5.97 Å². The highest BCUT2D eigenvalue weighted by molar-refractivity contribution is 5.75. The van der Waals surface area contributed by atoms with Gasteiger partial charge >= 0.3 is 5.97 Å². The van der Waals surface area contributed by atoms with Gasteiger partial charge in [-0.2, -0.15) is 0 Å². The lowest BCUT2D eigenvalue weighted by atomic mass is 10.00. The van der Waals surface area contributed by atoms with Gasteiger partial charge in [0.15, 0.2) is 6.10 Å². The summed E-state index contributed by atoms with van der Waals surface area (Å²) in [5.74, 6) is -0.823. The average molecular weight is 405 g/mol. The van der Waals surface area contributed by atoms with E-state index in [1.165, 1.54) is 64.9 Å². The van der Waals surface area contributed by atoms with Gasteiger partial charge in [0, 0.05) is 7.11 Å². The van der Waals surface area contributed by atoms with Crippen molar-refractivity contribution in [3.8, 4) is 0 Å². The van der Waals surface area contributed by atoms with Crippen molar-refractivity contribution in [3.63, 3.8) is 0 Å². The molecular weight excluding hydrogens is 360 g/mol. The fourth-order valence-corrected chi connectivity index (χ4v) is 3.27. The number of methoxy groups -OCH3 is 1. The molecule has 0 aromatic rings. The first-order valence-corrected chi connectivity index (χ1v) is 11.2. The maximum absolute atomic E-state index is 11.6. The van der Waals surface area contributed by atoms with E-state index in [0.717, 1.165) is 19.3 Å². The van der Waals surface area contributed by atoms with Gasteiger partial charge in [-0.1, -0.05) is 84.0 Å². The lowest BCUT2D eigenvalue weighted by Gasteiger charge is -2.25. The minimum atomic E-state index is -1.60. The van der Waals surface area contributed by atoms with E-state index >= 15 is 0 Å². The quantitative estimate of drug-likeness (QED) is 0.178. The summed E-state index contributed by atoms with van der Waals surface area (Å²) < 4.78 is 15.1. The molecule has 0 unspecified atom stereocenters. The number of hydrogen-bond acceptors (Lipinski definition) is 6. The minimum absolute atomic E-state index is 0.00945. The molecule has 3 atom stereocenters. The van der Waals surface area contributed by atoms with E-state index in [1.807, 2.05) is 0 Å². The van der Waals surface area contributed by atoms with Gasteiger partial charge in [0.25, 0.3) is 0 Å². The SMILES string of the molecule is CCCCCCCCCCCCCC[C@@H](OCOC)[C@H](O)[C@@H](O)C(=O)OCC. The second kappa shape index (κ2) is 19.6. The lowest BCUT2D eigenvalue weighted by Crippen LogP contribution is -2.44. The van der Waals surface area contributed by atoms with Crippen LogP contribution >= 0.6 is 0 Å². The molecule has 0 aromatic carbocycles. The van der Waals surface area contributed by atoms with Gasteiger partial charge in [-0.3, -0.25) is 0 Å². The van der Waals surface area contributed by atoms with E-state index in [0.29, 0.717) is 6.42 Å². The molecule has 0 aliphatic heterocycles. The second-order valence-corrected chi connectivity index (χ2v) is 7.48. The third kappa shape index (κ3) is 14.3. The Balaban J connectivity index is 3.90. The first kappa shape index (κ1) is 27.3. The number of aliphatic hydroxyl groups excluding tert-OH is 2. The van der Waals surface area contributed by atoms with Crippen LogP contribution in [0.3, 0.4) is 0 Å². The molecule has 6 heteroatoms. The van der Waals surface area contributed by atoms with E-state index in [9.17, 15) is 15.0 Å². The lowest BCUT2D eigenvalue weighted by molar-refractivity contribution is -0.174. The zero-order chi connectivity index (χ0) is 21.0. The largest absolute Gasteiger partial charge is 0.464 e. The predicted octanol–water partition coefficient (Wildman–Crippen LogP) is 4.35. The van der Waals surface area contributed by atoms with Crippen LogP contribution in [-0.4, -0.2) is 55.0 Å². The summed E-state index contributed by atoms with van der Waals surface area (Å²) in [5, 5.41) is 20.2. The summed E-state index contributed by atoms with van der Waals surface area (Å²) in [6, 6.07) is 0. The van der Waals surface area contributed by atoms with Crippen molar-refractivity contribution in [2.75, 3.05) is 20.5 Å². The zero-order valence-corrected chi connectivity index (χ0v) is 18.4. The summed E-state index contributed by atoms with van der Waals surface area (Å²) >= 11 is 0. The van der Waals surface area contributed by atoms with Crippen molar-refractivity contribution in [1.82, 2.24) is 0 Å². The van der Waals surface area contributed by atoms with Crippen LogP contribution in [0.2, 0.25) is 0 Å². The van der Waals surface area contributed by atoms with E-state index < -0.39 is 24.3 Å². The molecule has 0 amide bonds. The number of ether oxygens (including phenoxy) is 3. The van der Waals surface area contributed by atoms with Crippen molar-refractivity contribution in [2.24, 2.45) is 0 Å². The number of hydrogen-bond donors (Lipinski definition) is 2. The first-order valence-electron chi connectivity index (χ1n) is 11.2. The molecule has 28 heavy (non-hydrogen) atoms. The fraction of sp³-hybridized carbons (Fsp3) is 0.955.